The van der Waals surface area contributed by atoms with E-state index in [0.29, 0.717) is 0 Å². The first-order valence-corrected chi connectivity index (χ1v) is 6.32. The summed E-state index contributed by atoms with van der Waals surface area (Å²) >= 11 is 0. The number of hydrogen-bond donors (Lipinski definition) is 1. The van der Waals surface area contributed by atoms with Crippen molar-refractivity contribution in [2.75, 3.05) is 0 Å². The molecule has 1 N–H and O–H groups in total. The zero-order valence-corrected chi connectivity index (χ0v) is 11.8. The van der Waals surface area contributed by atoms with Crippen LogP contribution in [0.25, 0.3) is 0 Å². The van der Waals surface area contributed by atoms with Crippen LogP contribution < -0.4 is 5.46 Å². The van der Waals surface area contributed by atoms with E-state index < -0.39 is 0 Å². The van der Waals surface area contributed by atoms with Crippen molar-refractivity contribution in [3.8, 4) is 0 Å². The minimum atomic E-state index is -0.361. The van der Waals surface area contributed by atoms with E-state index in [4.69, 9.17) is 9.31 Å². The van der Waals surface area contributed by atoms with E-state index >= 15 is 0 Å². The van der Waals surface area contributed by atoms with Gasteiger partial charge in [0.15, 0.2) is 0 Å². The maximum absolute atomic E-state index is 9.25. The van der Waals surface area contributed by atoms with Gasteiger partial charge in [0.25, 0.3) is 0 Å². The van der Waals surface area contributed by atoms with Crippen LogP contribution in [0.4, 0.5) is 0 Å². The van der Waals surface area contributed by atoms with E-state index in [1.54, 1.807) is 0 Å². The Bertz CT molecular complexity index is 438. The highest BCUT2D eigenvalue weighted by molar-refractivity contribution is 6.62. The van der Waals surface area contributed by atoms with Gasteiger partial charge in [-0.3, -0.25) is 0 Å². The Morgan fingerprint density at radius 2 is 1.61 bits per heavy atom. The van der Waals surface area contributed by atoms with Gasteiger partial charge >= 0.3 is 7.12 Å². The summed E-state index contributed by atoms with van der Waals surface area (Å²) in [5.74, 6) is 0. The molecule has 1 aromatic carbocycles. The lowest BCUT2D eigenvalue weighted by atomic mass is 9.77. The average Bonchev–Trinajstić information content (AvgIpc) is 2.47. The first kappa shape index (κ1) is 13.6. The third-order valence-corrected chi connectivity index (χ3v) is 3.87. The normalized spacial score (nSPS) is 21.3. The second kappa shape index (κ2) is 4.37. The first-order chi connectivity index (χ1) is 8.25. The lowest BCUT2D eigenvalue weighted by Gasteiger charge is -2.32. The molecule has 18 heavy (non-hydrogen) atoms. The lowest BCUT2D eigenvalue weighted by molar-refractivity contribution is 0.00578. The number of benzene rings is 1. The molecule has 0 atom stereocenters. The molecule has 0 unspecified atom stereocenters. The molecule has 1 heterocycles. The topological polar surface area (TPSA) is 38.7 Å². The van der Waals surface area contributed by atoms with Crippen LogP contribution in [0.2, 0.25) is 0 Å². The highest BCUT2D eigenvalue weighted by atomic mass is 16.7. The van der Waals surface area contributed by atoms with Crippen molar-refractivity contribution in [3.63, 3.8) is 0 Å². The smallest absolute Gasteiger partial charge is 0.399 e. The minimum absolute atomic E-state index is 0.0359. The fourth-order valence-electron chi connectivity index (χ4n) is 2.10. The van der Waals surface area contributed by atoms with Crippen LogP contribution in [0.3, 0.4) is 0 Å². The van der Waals surface area contributed by atoms with Crippen molar-refractivity contribution in [2.24, 2.45) is 0 Å². The van der Waals surface area contributed by atoms with Gasteiger partial charge in [-0.05, 0) is 45.6 Å². The number of aryl methyl sites for hydroxylation is 1. The largest absolute Gasteiger partial charge is 0.494 e. The number of rotatable bonds is 2. The second-order valence-electron chi connectivity index (χ2n) is 6.00. The van der Waals surface area contributed by atoms with E-state index in [1.165, 1.54) is 0 Å². The van der Waals surface area contributed by atoms with Gasteiger partial charge in [-0.2, -0.15) is 0 Å². The van der Waals surface area contributed by atoms with Crippen molar-refractivity contribution in [1.82, 2.24) is 0 Å². The van der Waals surface area contributed by atoms with Crippen molar-refractivity contribution >= 4 is 12.6 Å². The maximum Gasteiger partial charge on any atom is 0.494 e. The average molecular weight is 248 g/mol. The number of aliphatic hydroxyl groups excluding tert-OH is 1. The number of aliphatic hydroxyl groups is 1. The minimum Gasteiger partial charge on any atom is -0.399 e. The standard InChI is InChI=1S/C14H21BO3/c1-10-6-11(9-16)8-12(7-10)15-17-13(2,3)14(4,5)18-15/h6-8,16H,9H2,1-5H3. The molecule has 0 bridgehead atoms. The summed E-state index contributed by atoms with van der Waals surface area (Å²) in [5, 5.41) is 9.25. The summed E-state index contributed by atoms with van der Waals surface area (Å²) in [7, 11) is -0.361. The fourth-order valence-corrected chi connectivity index (χ4v) is 2.10. The molecule has 0 aromatic heterocycles. The van der Waals surface area contributed by atoms with Gasteiger partial charge in [0.1, 0.15) is 0 Å². The predicted octanol–water partition coefficient (Wildman–Crippen LogP) is 1.79. The van der Waals surface area contributed by atoms with Crippen molar-refractivity contribution < 1.29 is 14.4 Å². The molecule has 1 aliphatic rings. The zero-order valence-electron chi connectivity index (χ0n) is 11.8. The molecule has 0 amide bonds. The summed E-state index contributed by atoms with van der Waals surface area (Å²) in [6, 6.07) is 5.95. The summed E-state index contributed by atoms with van der Waals surface area (Å²) in [4.78, 5) is 0. The third-order valence-electron chi connectivity index (χ3n) is 3.87. The van der Waals surface area contributed by atoms with Gasteiger partial charge in [-0.15, -0.1) is 0 Å². The van der Waals surface area contributed by atoms with E-state index in [1.807, 2.05) is 52.8 Å². The predicted molar refractivity (Wildman–Crippen MR) is 72.8 cm³/mol. The highest BCUT2D eigenvalue weighted by Gasteiger charge is 2.51. The van der Waals surface area contributed by atoms with E-state index in [2.05, 4.69) is 0 Å². The van der Waals surface area contributed by atoms with Crippen LogP contribution in [-0.2, 0) is 15.9 Å². The molecule has 0 aliphatic carbocycles. The molecular formula is C14H21BO3. The Morgan fingerprint density at radius 3 is 2.11 bits per heavy atom. The van der Waals surface area contributed by atoms with Crippen LogP contribution in [0, 0.1) is 6.92 Å². The van der Waals surface area contributed by atoms with Crippen LogP contribution >= 0.6 is 0 Å². The second-order valence-corrected chi connectivity index (χ2v) is 6.00. The van der Waals surface area contributed by atoms with Gasteiger partial charge < -0.3 is 14.4 Å². The zero-order chi connectivity index (χ0) is 13.6. The van der Waals surface area contributed by atoms with Crippen LogP contribution in [0.15, 0.2) is 18.2 Å². The molecule has 98 valence electrons. The van der Waals surface area contributed by atoms with Crippen molar-refractivity contribution in [3.05, 3.63) is 29.3 Å². The molecular weight excluding hydrogens is 227 g/mol. The molecule has 1 aromatic rings. The van der Waals surface area contributed by atoms with Gasteiger partial charge in [-0.25, -0.2) is 0 Å². The van der Waals surface area contributed by atoms with Gasteiger partial charge in [0.2, 0.25) is 0 Å². The third kappa shape index (κ3) is 2.33. The molecule has 0 radical (unpaired) electrons. The fraction of sp³-hybridized carbons (Fsp3) is 0.571. The van der Waals surface area contributed by atoms with E-state index in [9.17, 15) is 5.11 Å². The monoisotopic (exact) mass is 248 g/mol. The Morgan fingerprint density at radius 1 is 1.06 bits per heavy atom. The van der Waals surface area contributed by atoms with Gasteiger partial charge in [-0.1, -0.05) is 23.8 Å². The Labute approximate surface area is 109 Å². The molecule has 1 aliphatic heterocycles. The van der Waals surface area contributed by atoms with Crippen molar-refractivity contribution in [2.45, 2.75) is 52.4 Å². The summed E-state index contributed by atoms with van der Waals surface area (Å²) < 4.78 is 12.0. The Kier molecular flexibility index (Phi) is 3.30. The Hall–Kier alpha value is -0.835. The number of hydrogen-bond acceptors (Lipinski definition) is 3. The van der Waals surface area contributed by atoms with Crippen LogP contribution in [0.1, 0.15) is 38.8 Å². The molecule has 0 spiro atoms. The lowest BCUT2D eigenvalue weighted by Crippen LogP contribution is -2.41. The molecule has 2 rings (SSSR count). The molecule has 1 fully saturated rings. The highest BCUT2D eigenvalue weighted by Crippen LogP contribution is 2.36. The van der Waals surface area contributed by atoms with Crippen LogP contribution in [-0.4, -0.2) is 23.4 Å². The van der Waals surface area contributed by atoms with E-state index in [-0.39, 0.29) is 24.9 Å². The molecule has 3 nitrogen and oxygen atoms in total. The van der Waals surface area contributed by atoms with E-state index in [0.717, 1.165) is 16.6 Å². The molecule has 4 heteroatoms. The van der Waals surface area contributed by atoms with Crippen LogP contribution in [0.5, 0.6) is 0 Å². The summed E-state index contributed by atoms with van der Waals surface area (Å²) in [6.45, 7) is 10.2. The maximum atomic E-state index is 9.25. The molecule has 0 saturated carbocycles. The molecule has 1 saturated heterocycles. The van der Waals surface area contributed by atoms with Gasteiger partial charge in [0.05, 0.1) is 17.8 Å². The Balaban J connectivity index is 2.32. The SMILES string of the molecule is Cc1cc(CO)cc(B2OC(C)(C)C(C)(C)O2)c1. The first-order valence-electron chi connectivity index (χ1n) is 6.32. The van der Waals surface area contributed by atoms with Gasteiger partial charge in [0, 0.05) is 0 Å². The van der Waals surface area contributed by atoms with Crippen molar-refractivity contribution in [1.29, 1.82) is 0 Å². The summed E-state index contributed by atoms with van der Waals surface area (Å²) in [6.07, 6.45) is 0. The quantitative estimate of drug-likeness (QED) is 0.811. The summed E-state index contributed by atoms with van der Waals surface area (Å²) in [5.41, 5.74) is 2.30.